The van der Waals surface area contributed by atoms with Crippen LogP contribution in [0.15, 0.2) is 47.0 Å². The van der Waals surface area contributed by atoms with E-state index in [-0.39, 0.29) is 12.5 Å². The summed E-state index contributed by atoms with van der Waals surface area (Å²) in [6, 6.07) is 12.0. The average Bonchev–Trinajstić information content (AvgIpc) is 3.12. The van der Waals surface area contributed by atoms with Gasteiger partial charge < -0.3 is 14.2 Å². The van der Waals surface area contributed by atoms with E-state index in [1.165, 1.54) is 4.90 Å². The molecule has 1 aromatic heterocycles. The maximum atomic E-state index is 12.6. The summed E-state index contributed by atoms with van der Waals surface area (Å²) in [5.74, 6) is 1.09. The molecule has 27 heavy (non-hydrogen) atoms. The van der Waals surface area contributed by atoms with Crippen LogP contribution in [0, 0.1) is 0 Å². The largest absolute Gasteiger partial charge is 0.492 e. The molecule has 0 aliphatic rings. The van der Waals surface area contributed by atoms with E-state index in [0.29, 0.717) is 39.7 Å². The second-order valence-electron chi connectivity index (χ2n) is 5.76. The molecule has 0 fully saturated rings. The zero-order chi connectivity index (χ0) is 19.4. The lowest BCUT2D eigenvalue weighted by atomic mass is 10.2. The van der Waals surface area contributed by atoms with Gasteiger partial charge in [-0.25, -0.2) is 0 Å². The van der Waals surface area contributed by atoms with E-state index in [1.54, 1.807) is 49.5 Å². The Hall–Kier alpha value is -2.57. The smallest absolute Gasteiger partial charge is 0.254 e. The van der Waals surface area contributed by atoms with Gasteiger partial charge in [-0.3, -0.25) is 4.79 Å². The monoisotopic (exact) mass is 405 g/mol. The van der Waals surface area contributed by atoms with Crippen molar-refractivity contribution in [2.24, 2.45) is 0 Å². The van der Waals surface area contributed by atoms with Gasteiger partial charge >= 0.3 is 0 Å². The number of aromatic nitrogens is 2. The van der Waals surface area contributed by atoms with Crippen molar-refractivity contribution < 1.29 is 14.1 Å². The zero-order valence-corrected chi connectivity index (χ0v) is 16.3. The third kappa shape index (κ3) is 4.59. The van der Waals surface area contributed by atoms with Gasteiger partial charge in [0, 0.05) is 23.2 Å². The maximum Gasteiger partial charge on any atom is 0.254 e. The van der Waals surface area contributed by atoms with Crippen molar-refractivity contribution in [1.82, 2.24) is 15.0 Å². The molecule has 0 saturated heterocycles. The van der Waals surface area contributed by atoms with Crippen molar-refractivity contribution in [3.63, 3.8) is 0 Å². The van der Waals surface area contributed by atoms with Crippen LogP contribution < -0.4 is 4.74 Å². The number of halogens is 2. The van der Waals surface area contributed by atoms with Crippen molar-refractivity contribution >= 4 is 29.1 Å². The van der Waals surface area contributed by atoms with Crippen LogP contribution in [0.3, 0.4) is 0 Å². The molecule has 0 spiro atoms. The highest BCUT2D eigenvalue weighted by molar-refractivity contribution is 6.32. The topological polar surface area (TPSA) is 68.5 Å². The van der Waals surface area contributed by atoms with Crippen LogP contribution in [0.25, 0.3) is 11.4 Å². The molecule has 2 aromatic carbocycles. The van der Waals surface area contributed by atoms with Crippen molar-refractivity contribution in [2.75, 3.05) is 13.7 Å². The number of nitrogens with zero attached hydrogens (tertiary/aromatic N) is 3. The zero-order valence-electron chi connectivity index (χ0n) is 14.8. The highest BCUT2D eigenvalue weighted by Crippen LogP contribution is 2.26. The van der Waals surface area contributed by atoms with Crippen LogP contribution in [0.5, 0.6) is 5.75 Å². The van der Waals surface area contributed by atoms with Crippen LogP contribution in [0.1, 0.15) is 23.2 Å². The van der Waals surface area contributed by atoms with Crippen LogP contribution in [-0.2, 0) is 6.54 Å². The van der Waals surface area contributed by atoms with Crippen molar-refractivity contribution in [2.45, 2.75) is 13.5 Å². The van der Waals surface area contributed by atoms with E-state index in [9.17, 15) is 4.79 Å². The Bertz CT molecular complexity index is 942. The lowest BCUT2D eigenvalue weighted by molar-refractivity contribution is 0.0769. The predicted molar refractivity (Wildman–Crippen MR) is 103 cm³/mol. The number of benzene rings is 2. The molecule has 0 N–H and O–H groups in total. The second-order valence-corrected chi connectivity index (χ2v) is 6.60. The number of ether oxygens (including phenoxy) is 1. The molecule has 1 heterocycles. The number of rotatable bonds is 6. The minimum absolute atomic E-state index is 0.171. The van der Waals surface area contributed by atoms with Crippen LogP contribution in [0.2, 0.25) is 10.0 Å². The third-order valence-corrected chi connectivity index (χ3v) is 4.32. The minimum atomic E-state index is -0.216. The van der Waals surface area contributed by atoms with Gasteiger partial charge in [0.25, 0.3) is 5.91 Å². The molecule has 0 bridgehead atoms. The molecule has 6 nitrogen and oxygen atoms in total. The molecule has 0 aliphatic heterocycles. The summed E-state index contributed by atoms with van der Waals surface area (Å²) in [6.07, 6.45) is 0. The quantitative estimate of drug-likeness (QED) is 0.593. The Kier molecular flexibility index (Phi) is 5.98. The number of hydrogen-bond acceptors (Lipinski definition) is 5. The van der Waals surface area contributed by atoms with Crippen LogP contribution in [-0.4, -0.2) is 34.6 Å². The lowest BCUT2D eigenvalue weighted by Crippen LogP contribution is -2.26. The van der Waals surface area contributed by atoms with Gasteiger partial charge in [-0.1, -0.05) is 28.4 Å². The van der Waals surface area contributed by atoms with E-state index in [1.807, 2.05) is 6.92 Å². The Balaban J connectivity index is 1.70. The molecule has 1 amide bonds. The van der Waals surface area contributed by atoms with Gasteiger partial charge in [0.15, 0.2) is 0 Å². The van der Waals surface area contributed by atoms with E-state index in [0.717, 1.165) is 5.56 Å². The lowest BCUT2D eigenvalue weighted by Gasteiger charge is -2.15. The Morgan fingerprint density at radius 2 is 1.93 bits per heavy atom. The van der Waals surface area contributed by atoms with Crippen LogP contribution in [0.4, 0.5) is 0 Å². The van der Waals surface area contributed by atoms with E-state index in [2.05, 4.69) is 10.1 Å². The standard InChI is InChI=1S/C19H17Cl2N3O3/c1-3-26-16-9-6-13(10-15(16)21)19(25)24(2)11-17-22-18(23-27-17)12-4-7-14(20)8-5-12/h4-10H,3,11H2,1-2H3. The number of carbonyl (C=O) groups is 1. The Morgan fingerprint density at radius 1 is 1.19 bits per heavy atom. The van der Waals surface area contributed by atoms with Gasteiger partial charge in [-0.2, -0.15) is 4.98 Å². The van der Waals surface area contributed by atoms with Crippen LogP contribution >= 0.6 is 23.2 Å². The molecule has 8 heteroatoms. The fourth-order valence-corrected chi connectivity index (χ4v) is 2.80. The summed E-state index contributed by atoms with van der Waals surface area (Å²) in [5, 5.41) is 4.96. The van der Waals surface area contributed by atoms with E-state index < -0.39 is 0 Å². The molecule has 0 saturated carbocycles. The summed E-state index contributed by atoms with van der Waals surface area (Å²) in [7, 11) is 1.65. The maximum absolute atomic E-state index is 12.6. The summed E-state index contributed by atoms with van der Waals surface area (Å²) in [4.78, 5) is 18.4. The normalized spacial score (nSPS) is 10.7. The summed E-state index contributed by atoms with van der Waals surface area (Å²) in [6.45, 7) is 2.54. The predicted octanol–water partition coefficient (Wildman–Crippen LogP) is 4.71. The van der Waals surface area contributed by atoms with E-state index in [4.69, 9.17) is 32.5 Å². The van der Waals surface area contributed by atoms with Gasteiger partial charge in [0.05, 0.1) is 18.2 Å². The first-order chi connectivity index (χ1) is 13.0. The van der Waals surface area contributed by atoms with Gasteiger partial charge in [0.1, 0.15) is 5.75 Å². The van der Waals surface area contributed by atoms with Gasteiger partial charge in [-0.15, -0.1) is 0 Å². The summed E-state index contributed by atoms with van der Waals surface area (Å²) >= 11 is 12.0. The molecular formula is C19H17Cl2N3O3. The second kappa shape index (κ2) is 8.41. The molecule has 140 valence electrons. The van der Waals surface area contributed by atoms with Gasteiger partial charge in [0.2, 0.25) is 11.7 Å². The highest BCUT2D eigenvalue weighted by atomic mass is 35.5. The average molecular weight is 406 g/mol. The first kappa shape index (κ1) is 19.2. The van der Waals surface area contributed by atoms with Crippen molar-refractivity contribution in [3.8, 4) is 17.1 Å². The molecule has 0 atom stereocenters. The number of amides is 1. The van der Waals surface area contributed by atoms with Crippen molar-refractivity contribution in [3.05, 3.63) is 64.0 Å². The Labute approximate surface area is 166 Å². The summed E-state index contributed by atoms with van der Waals surface area (Å²) in [5.41, 5.74) is 1.23. The molecule has 0 unspecified atom stereocenters. The number of carbonyl (C=O) groups excluding carboxylic acids is 1. The summed E-state index contributed by atoms with van der Waals surface area (Å²) < 4.78 is 10.6. The third-order valence-electron chi connectivity index (χ3n) is 3.77. The fraction of sp³-hybridized carbons (Fsp3) is 0.211. The molecule has 3 aromatic rings. The molecule has 3 rings (SSSR count). The molecular weight excluding hydrogens is 389 g/mol. The molecule has 0 aliphatic carbocycles. The highest BCUT2D eigenvalue weighted by Gasteiger charge is 2.17. The minimum Gasteiger partial charge on any atom is -0.492 e. The molecule has 0 radical (unpaired) electrons. The fourth-order valence-electron chi connectivity index (χ4n) is 2.44. The van der Waals surface area contributed by atoms with E-state index >= 15 is 0 Å². The number of hydrogen-bond donors (Lipinski definition) is 0. The first-order valence-corrected chi connectivity index (χ1v) is 9.00. The Morgan fingerprint density at radius 3 is 2.59 bits per heavy atom. The van der Waals surface area contributed by atoms with Crippen molar-refractivity contribution in [1.29, 1.82) is 0 Å². The van der Waals surface area contributed by atoms with Gasteiger partial charge in [-0.05, 0) is 49.4 Å². The first-order valence-electron chi connectivity index (χ1n) is 8.24. The SMILES string of the molecule is CCOc1ccc(C(=O)N(C)Cc2nc(-c3ccc(Cl)cc3)no2)cc1Cl.